The molecule has 1 aromatic rings. The summed E-state index contributed by atoms with van der Waals surface area (Å²) in [7, 11) is 1.63. The molecule has 0 atom stereocenters. The quantitative estimate of drug-likeness (QED) is 0.521. The van der Waals surface area contributed by atoms with Crippen LogP contribution in [0.4, 0.5) is 5.82 Å². The second kappa shape index (κ2) is 3.10. The Kier molecular flexibility index (Phi) is 2.26. The number of hydrogen-bond donors (Lipinski definition) is 0. The molecule has 6 nitrogen and oxygen atoms in total. The molecule has 0 saturated heterocycles. The molecule has 1 heterocycles. The number of nitriles is 1. The maximum atomic E-state index is 10.6. The monoisotopic (exact) mass is 194 g/mol. The zero-order chi connectivity index (χ0) is 10.9. The summed E-state index contributed by atoms with van der Waals surface area (Å²) in [6, 6.07) is 2.01. The van der Waals surface area contributed by atoms with E-state index < -0.39 is 10.3 Å². The highest BCUT2D eigenvalue weighted by atomic mass is 16.6. The molecule has 0 unspecified atom stereocenters. The van der Waals surface area contributed by atoms with E-state index in [4.69, 9.17) is 5.26 Å². The van der Waals surface area contributed by atoms with Crippen LogP contribution in [0.15, 0.2) is 6.33 Å². The van der Waals surface area contributed by atoms with Crippen molar-refractivity contribution in [3.05, 3.63) is 22.1 Å². The largest absolute Gasteiger partial charge is 0.386 e. The fourth-order valence-corrected chi connectivity index (χ4v) is 1.32. The van der Waals surface area contributed by atoms with E-state index in [-0.39, 0.29) is 5.82 Å². The average Bonchev–Trinajstić information content (AvgIpc) is 2.47. The van der Waals surface area contributed by atoms with Crippen LogP contribution in [0.3, 0.4) is 0 Å². The Morgan fingerprint density at radius 3 is 2.71 bits per heavy atom. The van der Waals surface area contributed by atoms with Gasteiger partial charge in [-0.3, -0.25) is 0 Å². The first-order chi connectivity index (χ1) is 6.40. The molecule has 0 bridgehead atoms. The van der Waals surface area contributed by atoms with Crippen LogP contribution in [0.2, 0.25) is 0 Å². The minimum Gasteiger partial charge on any atom is -0.358 e. The van der Waals surface area contributed by atoms with Gasteiger partial charge in [-0.2, -0.15) is 5.26 Å². The summed E-state index contributed by atoms with van der Waals surface area (Å²) in [4.78, 5) is 13.7. The second-order valence-corrected chi connectivity index (χ2v) is 3.52. The molecule has 1 aromatic heterocycles. The van der Waals surface area contributed by atoms with Crippen molar-refractivity contribution in [1.29, 1.82) is 5.26 Å². The lowest BCUT2D eigenvalue weighted by Crippen LogP contribution is -2.19. The number of imidazole rings is 1. The number of hydrogen-bond acceptors (Lipinski definition) is 4. The highest BCUT2D eigenvalue weighted by Crippen LogP contribution is 2.29. The van der Waals surface area contributed by atoms with Gasteiger partial charge >= 0.3 is 5.82 Å². The Morgan fingerprint density at radius 1 is 1.71 bits per heavy atom. The number of nitro groups is 1. The summed E-state index contributed by atoms with van der Waals surface area (Å²) in [5, 5.41) is 19.5. The third kappa shape index (κ3) is 1.44. The topological polar surface area (TPSA) is 84.8 Å². The first kappa shape index (κ1) is 10.2. The summed E-state index contributed by atoms with van der Waals surface area (Å²) >= 11 is 0. The van der Waals surface area contributed by atoms with E-state index in [1.54, 1.807) is 20.9 Å². The Hall–Kier alpha value is -1.90. The van der Waals surface area contributed by atoms with Gasteiger partial charge in [0.05, 0.1) is 6.07 Å². The van der Waals surface area contributed by atoms with Crippen LogP contribution in [0, 0.1) is 21.4 Å². The van der Waals surface area contributed by atoms with Crippen LogP contribution in [0.5, 0.6) is 0 Å². The molecule has 0 amide bonds. The molecule has 0 aliphatic rings. The fourth-order valence-electron chi connectivity index (χ4n) is 1.32. The molecule has 0 spiro atoms. The molecular formula is C8H10N4O2. The van der Waals surface area contributed by atoms with Crippen molar-refractivity contribution in [3.63, 3.8) is 0 Å². The third-order valence-electron chi connectivity index (χ3n) is 1.96. The van der Waals surface area contributed by atoms with Crippen LogP contribution in [0.1, 0.15) is 19.5 Å². The Balaban J connectivity index is 3.40. The Morgan fingerprint density at radius 2 is 2.29 bits per heavy atom. The van der Waals surface area contributed by atoms with Gasteiger partial charge in [0.1, 0.15) is 11.1 Å². The van der Waals surface area contributed by atoms with Gasteiger partial charge in [0.15, 0.2) is 0 Å². The van der Waals surface area contributed by atoms with Crippen molar-refractivity contribution in [2.24, 2.45) is 7.05 Å². The van der Waals surface area contributed by atoms with Gasteiger partial charge in [-0.1, -0.05) is 0 Å². The third-order valence-corrected chi connectivity index (χ3v) is 1.96. The van der Waals surface area contributed by atoms with Crippen molar-refractivity contribution < 1.29 is 4.92 Å². The highest BCUT2D eigenvalue weighted by molar-refractivity contribution is 5.37. The van der Waals surface area contributed by atoms with E-state index in [2.05, 4.69) is 4.98 Å². The van der Waals surface area contributed by atoms with Gasteiger partial charge in [-0.25, -0.2) is 0 Å². The normalized spacial score (nSPS) is 11.0. The molecule has 6 heteroatoms. The number of nitrogens with zero attached hydrogens (tertiary/aromatic N) is 4. The lowest BCUT2D eigenvalue weighted by molar-refractivity contribution is -0.390. The van der Waals surface area contributed by atoms with Gasteiger partial charge < -0.3 is 14.7 Å². The Labute approximate surface area is 80.9 Å². The van der Waals surface area contributed by atoms with Crippen LogP contribution < -0.4 is 0 Å². The minimum atomic E-state index is -0.909. The maximum Gasteiger partial charge on any atom is 0.386 e. The standard InChI is InChI=1S/C8H10N4O2/c1-8(2,4-9)6-7(12(13)14)10-5-11(6)3/h5H,1-3H3. The van der Waals surface area contributed by atoms with E-state index in [1.165, 1.54) is 10.9 Å². The zero-order valence-corrected chi connectivity index (χ0v) is 8.18. The van der Waals surface area contributed by atoms with Crippen molar-refractivity contribution in [2.75, 3.05) is 0 Å². The van der Waals surface area contributed by atoms with Crippen LogP contribution in [-0.2, 0) is 12.5 Å². The average molecular weight is 194 g/mol. The molecule has 74 valence electrons. The summed E-state index contributed by atoms with van der Waals surface area (Å²) in [5.74, 6) is -0.251. The summed E-state index contributed by atoms with van der Waals surface area (Å²) in [6.07, 6.45) is 1.34. The first-order valence-corrected chi connectivity index (χ1v) is 3.97. The van der Waals surface area contributed by atoms with Crippen molar-refractivity contribution in [1.82, 2.24) is 9.55 Å². The zero-order valence-electron chi connectivity index (χ0n) is 8.18. The summed E-state index contributed by atoms with van der Waals surface area (Å²) < 4.78 is 1.50. The Bertz CT molecular complexity index is 413. The van der Waals surface area contributed by atoms with E-state index in [1.807, 2.05) is 6.07 Å². The fraction of sp³-hybridized carbons (Fsp3) is 0.500. The summed E-state index contributed by atoms with van der Waals surface area (Å²) in [5.41, 5.74) is -0.585. The molecule has 0 aliphatic carbocycles. The molecule has 0 saturated carbocycles. The predicted molar refractivity (Wildman–Crippen MR) is 48.5 cm³/mol. The van der Waals surface area contributed by atoms with Crippen LogP contribution >= 0.6 is 0 Å². The molecular weight excluding hydrogens is 184 g/mol. The van der Waals surface area contributed by atoms with E-state index in [0.717, 1.165) is 0 Å². The molecule has 0 aromatic carbocycles. The predicted octanol–water partition coefficient (Wildman–Crippen LogP) is 1.13. The SMILES string of the molecule is Cn1cnc([N+](=O)[O-])c1C(C)(C)C#N. The van der Waals surface area contributed by atoms with E-state index in [9.17, 15) is 10.1 Å². The highest BCUT2D eigenvalue weighted by Gasteiger charge is 2.33. The van der Waals surface area contributed by atoms with Gasteiger partial charge in [-0.05, 0) is 23.8 Å². The van der Waals surface area contributed by atoms with Crippen molar-refractivity contribution >= 4 is 5.82 Å². The lowest BCUT2D eigenvalue weighted by Gasteiger charge is -2.14. The second-order valence-electron chi connectivity index (χ2n) is 3.52. The van der Waals surface area contributed by atoms with Gasteiger partial charge in [-0.15, -0.1) is 0 Å². The number of aromatic nitrogens is 2. The molecule has 0 aliphatic heterocycles. The lowest BCUT2D eigenvalue weighted by atomic mass is 9.91. The van der Waals surface area contributed by atoms with Crippen molar-refractivity contribution in [2.45, 2.75) is 19.3 Å². The van der Waals surface area contributed by atoms with Gasteiger partial charge in [0, 0.05) is 7.05 Å². The van der Waals surface area contributed by atoms with Crippen molar-refractivity contribution in [3.8, 4) is 6.07 Å². The molecule has 0 N–H and O–H groups in total. The minimum absolute atomic E-state index is 0.251. The van der Waals surface area contributed by atoms with Gasteiger partial charge in [0.2, 0.25) is 6.33 Å². The smallest absolute Gasteiger partial charge is 0.358 e. The number of rotatable bonds is 2. The molecule has 0 radical (unpaired) electrons. The van der Waals surface area contributed by atoms with Crippen LogP contribution in [-0.4, -0.2) is 14.5 Å². The maximum absolute atomic E-state index is 10.6. The molecule has 1 rings (SSSR count). The number of aryl methyl sites for hydroxylation is 1. The molecule has 14 heavy (non-hydrogen) atoms. The van der Waals surface area contributed by atoms with E-state index in [0.29, 0.717) is 5.69 Å². The van der Waals surface area contributed by atoms with Gasteiger partial charge in [0.25, 0.3) is 0 Å². The molecule has 0 fully saturated rings. The first-order valence-electron chi connectivity index (χ1n) is 3.97. The van der Waals surface area contributed by atoms with E-state index >= 15 is 0 Å². The van der Waals surface area contributed by atoms with Crippen LogP contribution in [0.25, 0.3) is 0 Å². The summed E-state index contributed by atoms with van der Waals surface area (Å²) in [6.45, 7) is 3.24.